The summed E-state index contributed by atoms with van der Waals surface area (Å²) in [7, 11) is 3.81. The molecule has 0 atom stereocenters. The van der Waals surface area contributed by atoms with Crippen molar-refractivity contribution in [3.8, 4) is 17.1 Å². The minimum absolute atomic E-state index is 0.742. The normalized spacial score (nSPS) is 13.8. The number of hydrogen-bond acceptors (Lipinski definition) is 4. The van der Waals surface area contributed by atoms with E-state index in [-0.39, 0.29) is 0 Å². The number of benzene rings is 2. The fourth-order valence-electron chi connectivity index (χ4n) is 3.13. The van der Waals surface area contributed by atoms with Crippen molar-refractivity contribution in [2.45, 2.75) is 19.3 Å². The van der Waals surface area contributed by atoms with Gasteiger partial charge in [-0.05, 0) is 36.6 Å². The summed E-state index contributed by atoms with van der Waals surface area (Å²) in [6.07, 6.45) is 4.00. The number of nitrogens with zero attached hydrogens (tertiary/aromatic N) is 3. The van der Waals surface area contributed by atoms with Crippen molar-refractivity contribution in [2.24, 2.45) is 5.92 Å². The van der Waals surface area contributed by atoms with Gasteiger partial charge in [0.25, 0.3) is 0 Å². The Morgan fingerprint density at radius 1 is 1.08 bits per heavy atom. The maximum atomic E-state index is 5.35. The number of ether oxygens (including phenoxy) is 1. The van der Waals surface area contributed by atoms with Crippen molar-refractivity contribution < 1.29 is 4.74 Å². The van der Waals surface area contributed by atoms with Gasteiger partial charge in [0.2, 0.25) is 0 Å². The fraction of sp³-hybridized carbons (Fsp3) is 0.333. The van der Waals surface area contributed by atoms with Crippen molar-refractivity contribution in [2.75, 3.05) is 25.6 Å². The first kappa shape index (κ1) is 15.9. The SMILES string of the molecule is COc1cccc(-c2nc(N(C)CCC3CC3)c3ccccc3n2)c1. The van der Waals surface area contributed by atoms with Crippen molar-refractivity contribution in [3.63, 3.8) is 0 Å². The summed E-state index contributed by atoms with van der Waals surface area (Å²) in [6.45, 7) is 1.03. The molecule has 2 aromatic carbocycles. The zero-order valence-electron chi connectivity index (χ0n) is 14.8. The molecule has 0 radical (unpaired) electrons. The van der Waals surface area contributed by atoms with E-state index in [1.54, 1.807) is 7.11 Å². The average Bonchev–Trinajstić information content (AvgIpc) is 3.49. The molecule has 1 heterocycles. The average molecular weight is 333 g/mol. The number of para-hydroxylation sites is 1. The summed E-state index contributed by atoms with van der Waals surface area (Å²) in [5, 5.41) is 1.10. The molecule has 0 bridgehead atoms. The monoisotopic (exact) mass is 333 g/mol. The topological polar surface area (TPSA) is 38.2 Å². The molecule has 4 nitrogen and oxygen atoms in total. The molecule has 4 heteroatoms. The van der Waals surface area contributed by atoms with E-state index in [0.717, 1.165) is 46.3 Å². The van der Waals surface area contributed by atoms with E-state index in [1.807, 2.05) is 30.3 Å². The van der Waals surface area contributed by atoms with Gasteiger partial charge < -0.3 is 9.64 Å². The van der Waals surface area contributed by atoms with Gasteiger partial charge in [-0.1, -0.05) is 37.1 Å². The van der Waals surface area contributed by atoms with Gasteiger partial charge in [0.05, 0.1) is 12.6 Å². The van der Waals surface area contributed by atoms with Gasteiger partial charge in [-0.3, -0.25) is 0 Å². The van der Waals surface area contributed by atoms with Gasteiger partial charge in [-0.15, -0.1) is 0 Å². The molecule has 1 aliphatic carbocycles. The van der Waals surface area contributed by atoms with Crippen LogP contribution in [0, 0.1) is 5.92 Å². The Balaban J connectivity index is 1.76. The van der Waals surface area contributed by atoms with Crippen LogP contribution in [0.4, 0.5) is 5.82 Å². The molecule has 0 N–H and O–H groups in total. The molecule has 25 heavy (non-hydrogen) atoms. The van der Waals surface area contributed by atoms with E-state index in [9.17, 15) is 0 Å². The van der Waals surface area contributed by atoms with E-state index in [2.05, 4.69) is 30.1 Å². The van der Waals surface area contributed by atoms with Gasteiger partial charge in [-0.2, -0.15) is 0 Å². The summed E-state index contributed by atoms with van der Waals surface area (Å²) >= 11 is 0. The van der Waals surface area contributed by atoms with Gasteiger partial charge in [-0.25, -0.2) is 9.97 Å². The Morgan fingerprint density at radius 3 is 2.72 bits per heavy atom. The molecule has 0 aliphatic heterocycles. The Kier molecular flexibility index (Phi) is 4.26. The molecule has 0 saturated heterocycles. The minimum atomic E-state index is 0.742. The summed E-state index contributed by atoms with van der Waals surface area (Å²) in [5.41, 5.74) is 1.95. The van der Waals surface area contributed by atoms with Crippen LogP contribution < -0.4 is 9.64 Å². The maximum Gasteiger partial charge on any atom is 0.162 e. The highest BCUT2D eigenvalue weighted by Crippen LogP contribution is 2.34. The second-order valence-electron chi connectivity index (χ2n) is 6.77. The van der Waals surface area contributed by atoms with Crippen molar-refractivity contribution >= 4 is 16.7 Å². The van der Waals surface area contributed by atoms with E-state index in [0.29, 0.717) is 0 Å². The predicted molar refractivity (Wildman–Crippen MR) is 102 cm³/mol. The van der Waals surface area contributed by atoms with Crippen molar-refractivity contribution in [1.29, 1.82) is 0 Å². The maximum absolute atomic E-state index is 5.35. The molecule has 1 aromatic heterocycles. The molecular formula is C21H23N3O. The Morgan fingerprint density at radius 2 is 1.92 bits per heavy atom. The zero-order valence-corrected chi connectivity index (χ0v) is 14.8. The second-order valence-corrected chi connectivity index (χ2v) is 6.77. The third-order valence-electron chi connectivity index (χ3n) is 4.84. The van der Waals surface area contributed by atoms with Gasteiger partial charge in [0.1, 0.15) is 11.6 Å². The smallest absolute Gasteiger partial charge is 0.162 e. The molecule has 4 rings (SSSR count). The summed E-state index contributed by atoms with van der Waals surface area (Å²) in [5.74, 6) is 3.47. The number of aromatic nitrogens is 2. The predicted octanol–water partition coefficient (Wildman–Crippen LogP) is 4.54. The van der Waals surface area contributed by atoms with Crippen LogP contribution in [0.25, 0.3) is 22.3 Å². The number of fused-ring (bicyclic) bond motifs is 1. The lowest BCUT2D eigenvalue weighted by Gasteiger charge is -2.20. The van der Waals surface area contributed by atoms with Crippen LogP contribution in [0.15, 0.2) is 48.5 Å². The third kappa shape index (κ3) is 3.43. The molecule has 1 aliphatic rings. The van der Waals surface area contributed by atoms with Crippen LogP contribution >= 0.6 is 0 Å². The highest BCUT2D eigenvalue weighted by atomic mass is 16.5. The van der Waals surface area contributed by atoms with Crippen molar-refractivity contribution in [3.05, 3.63) is 48.5 Å². The van der Waals surface area contributed by atoms with Crippen molar-refractivity contribution in [1.82, 2.24) is 9.97 Å². The molecule has 128 valence electrons. The summed E-state index contributed by atoms with van der Waals surface area (Å²) in [4.78, 5) is 12.0. The first-order valence-corrected chi connectivity index (χ1v) is 8.87. The van der Waals surface area contributed by atoms with Crippen LogP contribution in [0.1, 0.15) is 19.3 Å². The zero-order chi connectivity index (χ0) is 17.2. The Labute approximate surface area is 148 Å². The highest BCUT2D eigenvalue weighted by molar-refractivity contribution is 5.91. The lowest BCUT2D eigenvalue weighted by atomic mass is 10.1. The molecule has 3 aromatic rings. The third-order valence-corrected chi connectivity index (χ3v) is 4.84. The molecular weight excluding hydrogens is 310 g/mol. The fourth-order valence-corrected chi connectivity index (χ4v) is 3.13. The first-order chi connectivity index (χ1) is 12.2. The summed E-state index contributed by atoms with van der Waals surface area (Å²) < 4.78 is 5.35. The van der Waals surface area contributed by atoms with Crippen LogP contribution in [0.3, 0.4) is 0 Å². The minimum Gasteiger partial charge on any atom is -0.497 e. The first-order valence-electron chi connectivity index (χ1n) is 8.87. The van der Waals surface area contributed by atoms with Gasteiger partial charge in [0.15, 0.2) is 5.82 Å². The van der Waals surface area contributed by atoms with Crippen LogP contribution in [0.2, 0.25) is 0 Å². The number of hydrogen-bond donors (Lipinski definition) is 0. The Hall–Kier alpha value is -2.62. The Bertz CT molecular complexity index is 889. The van der Waals surface area contributed by atoms with Crippen LogP contribution in [-0.2, 0) is 0 Å². The lowest BCUT2D eigenvalue weighted by Crippen LogP contribution is -2.21. The van der Waals surface area contributed by atoms with E-state index < -0.39 is 0 Å². The number of rotatable bonds is 6. The standard InChI is InChI=1S/C21H23N3O/c1-24(13-12-15-10-11-15)21-18-8-3-4-9-19(18)22-20(23-21)16-6-5-7-17(14-16)25-2/h3-9,14-15H,10-13H2,1-2H3. The van der Waals surface area contributed by atoms with E-state index in [4.69, 9.17) is 14.7 Å². The molecule has 1 saturated carbocycles. The highest BCUT2D eigenvalue weighted by Gasteiger charge is 2.22. The molecule has 0 unspecified atom stereocenters. The van der Waals surface area contributed by atoms with Gasteiger partial charge in [0, 0.05) is 24.5 Å². The van der Waals surface area contributed by atoms with Crippen LogP contribution in [0.5, 0.6) is 5.75 Å². The van der Waals surface area contributed by atoms with Crippen LogP contribution in [-0.4, -0.2) is 30.7 Å². The van der Waals surface area contributed by atoms with E-state index in [1.165, 1.54) is 19.3 Å². The molecule has 0 spiro atoms. The summed E-state index contributed by atoms with van der Waals surface area (Å²) in [6, 6.07) is 16.2. The number of anilines is 1. The second kappa shape index (κ2) is 6.71. The van der Waals surface area contributed by atoms with E-state index >= 15 is 0 Å². The molecule has 1 fully saturated rings. The molecule has 0 amide bonds. The van der Waals surface area contributed by atoms with Gasteiger partial charge >= 0.3 is 0 Å². The lowest BCUT2D eigenvalue weighted by molar-refractivity contribution is 0.415. The largest absolute Gasteiger partial charge is 0.497 e. The quantitative estimate of drug-likeness (QED) is 0.664. The number of methoxy groups -OCH3 is 1.